The summed E-state index contributed by atoms with van der Waals surface area (Å²) in [7, 11) is -3.29. The Morgan fingerprint density at radius 3 is 2.46 bits per heavy atom. The average molecular weight is 207 g/mol. The van der Waals surface area contributed by atoms with Crippen LogP contribution in [-0.2, 0) is 10.0 Å². The molecular weight excluding hydrogens is 190 g/mol. The lowest BCUT2D eigenvalue weighted by Crippen LogP contribution is -2.47. The molecule has 1 rings (SSSR count). The van der Waals surface area contributed by atoms with Gasteiger partial charge in [0.1, 0.15) is 0 Å². The Bertz CT molecular complexity index is 257. The maximum atomic E-state index is 11.4. The van der Waals surface area contributed by atoms with E-state index in [0.29, 0.717) is 5.92 Å². The van der Waals surface area contributed by atoms with Crippen molar-refractivity contribution in [2.75, 3.05) is 6.61 Å². The van der Waals surface area contributed by atoms with Gasteiger partial charge in [-0.3, -0.25) is 0 Å². The zero-order valence-electron chi connectivity index (χ0n) is 8.03. The molecule has 0 bridgehead atoms. The Hall–Kier alpha value is -0.130. The van der Waals surface area contributed by atoms with Crippen molar-refractivity contribution in [3.8, 4) is 0 Å². The van der Waals surface area contributed by atoms with Crippen LogP contribution in [0.3, 0.4) is 0 Å². The van der Waals surface area contributed by atoms with E-state index >= 15 is 0 Å². The lowest BCUT2D eigenvalue weighted by Gasteiger charge is -2.33. The van der Waals surface area contributed by atoms with Crippen molar-refractivity contribution in [1.82, 2.24) is 4.72 Å². The van der Waals surface area contributed by atoms with Crippen LogP contribution in [0, 0.1) is 5.92 Å². The van der Waals surface area contributed by atoms with E-state index in [1.54, 1.807) is 0 Å². The molecule has 1 atom stereocenters. The Morgan fingerprint density at radius 1 is 1.54 bits per heavy atom. The van der Waals surface area contributed by atoms with E-state index in [0.717, 1.165) is 12.8 Å². The predicted molar refractivity (Wildman–Crippen MR) is 50.8 cm³/mol. The number of aliphatic hydroxyl groups is 1. The molecule has 2 N–H and O–H groups in total. The van der Waals surface area contributed by atoms with Gasteiger partial charge in [0.15, 0.2) is 0 Å². The third-order valence-electron chi connectivity index (χ3n) is 2.49. The van der Waals surface area contributed by atoms with E-state index in [9.17, 15) is 8.42 Å². The molecule has 0 aliphatic heterocycles. The van der Waals surface area contributed by atoms with Crippen molar-refractivity contribution in [2.24, 2.45) is 5.92 Å². The van der Waals surface area contributed by atoms with Gasteiger partial charge in [0.25, 0.3) is 0 Å². The topological polar surface area (TPSA) is 66.4 Å². The number of hydrogen-bond acceptors (Lipinski definition) is 3. The van der Waals surface area contributed by atoms with Crippen molar-refractivity contribution >= 4 is 10.0 Å². The largest absolute Gasteiger partial charge is 0.395 e. The highest BCUT2D eigenvalue weighted by Gasteiger charge is 2.31. The third kappa shape index (κ3) is 2.65. The summed E-state index contributed by atoms with van der Waals surface area (Å²) in [6, 6.07) is 0.0917. The molecule has 1 unspecified atom stereocenters. The number of nitrogens with one attached hydrogen (secondary N) is 1. The monoisotopic (exact) mass is 207 g/mol. The van der Waals surface area contributed by atoms with Gasteiger partial charge >= 0.3 is 0 Å². The third-order valence-corrected chi connectivity index (χ3v) is 4.36. The number of aliphatic hydroxyl groups excluding tert-OH is 1. The van der Waals surface area contributed by atoms with E-state index in [1.165, 1.54) is 6.92 Å². The van der Waals surface area contributed by atoms with E-state index in [-0.39, 0.29) is 12.6 Å². The van der Waals surface area contributed by atoms with E-state index in [4.69, 9.17) is 5.11 Å². The molecule has 0 amide bonds. The highest BCUT2D eigenvalue weighted by molar-refractivity contribution is 7.90. The fourth-order valence-electron chi connectivity index (χ4n) is 1.45. The van der Waals surface area contributed by atoms with Gasteiger partial charge in [-0.2, -0.15) is 0 Å². The molecule has 78 valence electrons. The normalized spacial score (nSPS) is 31.0. The minimum Gasteiger partial charge on any atom is -0.395 e. The quantitative estimate of drug-likeness (QED) is 0.686. The number of rotatable bonds is 4. The van der Waals surface area contributed by atoms with Gasteiger partial charge < -0.3 is 5.11 Å². The van der Waals surface area contributed by atoms with Crippen molar-refractivity contribution in [1.29, 1.82) is 0 Å². The number of hydrogen-bond donors (Lipinski definition) is 2. The first-order chi connectivity index (χ1) is 5.95. The fraction of sp³-hybridized carbons (Fsp3) is 1.00. The van der Waals surface area contributed by atoms with Crippen molar-refractivity contribution < 1.29 is 13.5 Å². The molecule has 13 heavy (non-hydrogen) atoms. The van der Waals surface area contributed by atoms with Gasteiger partial charge in [0.2, 0.25) is 10.0 Å². The summed E-state index contributed by atoms with van der Waals surface area (Å²) in [5, 5.41) is 8.00. The minimum absolute atomic E-state index is 0.0917. The van der Waals surface area contributed by atoms with Crippen molar-refractivity contribution in [3.05, 3.63) is 0 Å². The van der Waals surface area contributed by atoms with Crippen LogP contribution in [0.25, 0.3) is 0 Å². The first-order valence-electron chi connectivity index (χ1n) is 4.57. The molecule has 1 aliphatic carbocycles. The second kappa shape index (κ2) is 3.94. The standard InChI is InChI=1S/C8H17NO3S/c1-6-3-8(4-6)9-13(11,12)7(2)5-10/h6-10H,3-5H2,1-2H3. The van der Waals surface area contributed by atoms with Crippen LogP contribution >= 0.6 is 0 Å². The molecule has 0 radical (unpaired) electrons. The Balaban J connectivity index is 2.44. The highest BCUT2D eigenvalue weighted by atomic mass is 32.2. The SMILES string of the molecule is CC1CC(NS(=O)(=O)C(C)CO)C1. The molecule has 0 aromatic rings. The second-order valence-corrected chi connectivity index (χ2v) is 6.06. The lowest BCUT2D eigenvalue weighted by molar-refractivity contribution is 0.265. The smallest absolute Gasteiger partial charge is 0.216 e. The zero-order chi connectivity index (χ0) is 10.1. The van der Waals surface area contributed by atoms with Crippen LogP contribution in [-0.4, -0.2) is 31.4 Å². The summed E-state index contributed by atoms with van der Waals surface area (Å²) < 4.78 is 25.4. The summed E-state index contributed by atoms with van der Waals surface area (Å²) in [5.41, 5.74) is 0. The summed E-state index contributed by atoms with van der Waals surface area (Å²) in [4.78, 5) is 0. The molecule has 0 aromatic carbocycles. The van der Waals surface area contributed by atoms with E-state index < -0.39 is 15.3 Å². The summed E-state index contributed by atoms with van der Waals surface area (Å²) >= 11 is 0. The molecule has 0 heterocycles. The first kappa shape index (κ1) is 10.9. The molecule has 1 aliphatic rings. The van der Waals surface area contributed by atoms with Gasteiger partial charge in [-0.05, 0) is 25.7 Å². The number of sulfonamides is 1. The summed E-state index contributed by atoms with van der Waals surface area (Å²) in [5.74, 6) is 0.622. The Labute approximate surface area is 79.4 Å². The minimum atomic E-state index is -3.29. The van der Waals surface area contributed by atoms with Crippen LogP contribution in [0.1, 0.15) is 26.7 Å². The average Bonchev–Trinajstić information content (AvgIpc) is 1.99. The molecule has 1 saturated carbocycles. The first-order valence-corrected chi connectivity index (χ1v) is 6.12. The van der Waals surface area contributed by atoms with Crippen molar-refractivity contribution in [2.45, 2.75) is 38.0 Å². The zero-order valence-corrected chi connectivity index (χ0v) is 8.84. The predicted octanol–water partition coefficient (Wildman–Crippen LogP) is 0.0851. The molecule has 1 fully saturated rings. The summed E-state index contributed by atoms with van der Waals surface area (Å²) in [6.45, 7) is 3.28. The Kier molecular flexibility index (Phi) is 3.32. The molecule has 5 heteroatoms. The highest BCUT2D eigenvalue weighted by Crippen LogP contribution is 2.27. The maximum Gasteiger partial charge on any atom is 0.216 e. The molecular formula is C8H17NO3S. The van der Waals surface area contributed by atoms with Crippen LogP contribution < -0.4 is 4.72 Å². The maximum absolute atomic E-state index is 11.4. The van der Waals surface area contributed by atoms with Gasteiger partial charge in [-0.1, -0.05) is 6.92 Å². The molecule has 4 nitrogen and oxygen atoms in total. The van der Waals surface area contributed by atoms with Crippen LogP contribution in [0.2, 0.25) is 0 Å². The van der Waals surface area contributed by atoms with Crippen LogP contribution in [0.5, 0.6) is 0 Å². The van der Waals surface area contributed by atoms with Gasteiger partial charge in [0, 0.05) is 6.04 Å². The fourth-order valence-corrected chi connectivity index (χ4v) is 2.53. The molecule has 0 spiro atoms. The van der Waals surface area contributed by atoms with E-state index in [1.807, 2.05) is 0 Å². The second-order valence-electron chi connectivity index (χ2n) is 3.93. The Morgan fingerprint density at radius 2 is 2.08 bits per heavy atom. The van der Waals surface area contributed by atoms with Crippen LogP contribution in [0.4, 0.5) is 0 Å². The summed E-state index contributed by atoms with van der Waals surface area (Å²) in [6.07, 6.45) is 1.83. The van der Waals surface area contributed by atoms with Gasteiger partial charge in [0.05, 0.1) is 11.9 Å². The molecule has 0 aromatic heterocycles. The van der Waals surface area contributed by atoms with E-state index in [2.05, 4.69) is 11.6 Å². The van der Waals surface area contributed by atoms with Gasteiger partial charge in [-0.25, -0.2) is 13.1 Å². The van der Waals surface area contributed by atoms with Crippen molar-refractivity contribution in [3.63, 3.8) is 0 Å². The lowest BCUT2D eigenvalue weighted by atomic mass is 9.83. The van der Waals surface area contributed by atoms with Crippen LogP contribution in [0.15, 0.2) is 0 Å². The molecule has 0 saturated heterocycles. The van der Waals surface area contributed by atoms with Gasteiger partial charge in [-0.15, -0.1) is 0 Å².